The van der Waals surface area contributed by atoms with Gasteiger partial charge in [0, 0.05) is 5.92 Å². The molecule has 29 heavy (non-hydrogen) atoms. The molecule has 1 unspecified atom stereocenters. The van der Waals surface area contributed by atoms with Crippen LogP contribution in [0.4, 0.5) is 4.79 Å². The third-order valence-electron chi connectivity index (χ3n) is 5.18. The molecule has 0 spiro atoms. The van der Waals surface area contributed by atoms with Gasteiger partial charge in [0.1, 0.15) is 30.0 Å². The van der Waals surface area contributed by atoms with Crippen LogP contribution in [0.25, 0.3) is 0 Å². The van der Waals surface area contributed by atoms with Crippen molar-refractivity contribution in [1.82, 2.24) is 4.90 Å². The SMILES string of the molecule is CC(C)(C)OC(=O)N1[C@@H](COc2cc(C#N)c3c(c2)CC(C=O)C3)COC1(C)C. The summed E-state index contributed by atoms with van der Waals surface area (Å²) < 4.78 is 17.3. The molecule has 0 N–H and O–H groups in total. The highest BCUT2D eigenvalue weighted by atomic mass is 16.6. The number of nitriles is 1. The van der Waals surface area contributed by atoms with E-state index >= 15 is 0 Å². The normalized spacial score (nSPS) is 22.7. The van der Waals surface area contributed by atoms with Crippen LogP contribution in [-0.2, 0) is 27.1 Å². The van der Waals surface area contributed by atoms with Crippen LogP contribution in [0.1, 0.15) is 51.3 Å². The van der Waals surface area contributed by atoms with Crippen molar-refractivity contribution < 1.29 is 23.8 Å². The minimum absolute atomic E-state index is 0.0842. The molecule has 2 aliphatic rings. The Labute approximate surface area is 171 Å². The first-order chi connectivity index (χ1) is 13.5. The fraction of sp³-hybridized carbons (Fsp3) is 0.591. The summed E-state index contributed by atoms with van der Waals surface area (Å²) in [6, 6.07) is 5.47. The van der Waals surface area contributed by atoms with E-state index in [1.807, 2.05) is 40.7 Å². The Kier molecular flexibility index (Phi) is 5.59. The van der Waals surface area contributed by atoms with Crippen molar-refractivity contribution in [3.05, 3.63) is 28.8 Å². The van der Waals surface area contributed by atoms with E-state index < -0.39 is 17.4 Å². The maximum Gasteiger partial charge on any atom is 0.413 e. The molecule has 1 aliphatic carbocycles. The molecule has 0 aromatic heterocycles. The van der Waals surface area contributed by atoms with Gasteiger partial charge in [0.2, 0.25) is 0 Å². The monoisotopic (exact) mass is 400 g/mol. The lowest BCUT2D eigenvalue weighted by atomic mass is 10.0. The molecule has 1 amide bonds. The minimum atomic E-state index is -0.802. The lowest BCUT2D eigenvalue weighted by Crippen LogP contribution is -2.51. The van der Waals surface area contributed by atoms with E-state index in [0.29, 0.717) is 30.8 Å². The lowest BCUT2D eigenvalue weighted by molar-refractivity contribution is -0.110. The average Bonchev–Trinajstić information content (AvgIpc) is 3.17. The molecule has 1 aromatic rings. The van der Waals surface area contributed by atoms with Gasteiger partial charge in [-0.15, -0.1) is 0 Å². The first-order valence-electron chi connectivity index (χ1n) is 9.84. The molecule has 0 radical (unpaired) electrons. The molecule has 0 bridgehead atoms. The zero-order valence-corrected chi connectivity index (χ0v) is 17.7. The molecule has 1 saturated heterocycles. The topological polar surface area (TPSA) is 88.9 Å². The fourth-order valence-electron chi connectivity index (χ4n) is 3.90. The summed E-state index contributed by atoms with van der Waals surface area (Å²) in [5, 5.41) is 9.47. The van der Waals surface area contributed by atoms with Gasteiger partial charge in [-0.05, 0) is 70.7 Å². The molecule has 1 aliphatic heterocycles. The largest absolute Gasteiger partial charge is 0.491 e. The van der Waals surface area contributed by atoms with Crippen molar-refractivity contribution in [2.75, 3.05) is 13.2 Å². The van der Waals surface area contributed by atoms with E-state index in [1.54, 1.807) is 11.0 Å². The molecule has 156 valence electrons. The molecule has 3 rings (SSSR count). The smallest absolute Gasteiger partial charge is 0.413 e. The molecule has 1 aromatic carbocycles. The predicted molar refractivity (Wildman–Crippen MR) is 106 cm³/mol. The van der Waals surface area contributed by atoms with Crippen molar-refractivity contribution >= 4 is 12.4 Å². The van der Waals surface area contributed by atoms with Gasteiger partial charge >= 0.3 is 6.09 Å². The quantitative estimate of drug-likeness (QED) is 0.721. The van der Waals surface area contributed by atoms with Gasteiger partial charge in [-0.1, -0.05) is 0 Å². The zero-order chi connectivity index (χ0) is 21.4. The van der Waals surface area contributed by atoms with Crippen LogP contribution < -0.4 is 4.74 Å². The van der Waals surface area contributed by atoms with E-state index in [4.69, 9.17) is 14.2 Å². The molecule has 7 heteroatoms. The van der Waals surface area contributed by atoms with E-state index in [9.17, 15) is 14.9 Å². The van der Waals surface area contributed by atoms with Crippen molar-refractivity contribution in [3.8, 4) is 11.8 Å². The van der Waals surface area contributed by atoms with Gasteiger partial charge in [0.25, 0.3) is 0 Å². The Hall–Kier alpha value is -2.59. The first kappa shape index (κ1) is 21.1. The molecule has 7 nitrogen and oxygen atoms in total. The third-order valence-corrected chi connectivity index (χ3v) is 5.18. The van der Waals surface area contributed by atoms with Crippen LogP contribution in [0.5, 0.6) is 5.75 Å². The Morgan fingerprint density at radius 2 is 2.10 bits per heavy atom. The molecular weight excluding hydrogens is 372 g/mol. The van der Waals surface area contributed by atoms with Crippen LogP contribution >= 0.6 is 0 Å². The Bertz CT molecular complexity index is 850. The summed E-state index contributed by atoms with van der Waals surface area (Å²) in [6.45, 7) is 9.64. The molecule has 0 saturated carbocycles. The van der Waals surface area contributed by atoms with Crippen LogP contribution in [-0.4, -0.2) is 47.9 Å². The van der Waals surface area contributed by atoms with Gasteiger partial charge in [-0.2, -0.15) is 5.26 Å². The number of ether oxygens (including phenoxy) is 3. The Morgan fingerprint density at radius 3 is 2.72 bits per heavy atom. The average molecular weight is 400 g/mol. The van der Waals surface area contributed by atoms with Gasteiger partial charge in [-0.25, -0.2) is 4.79 Å². The van der Waals surface area contributed by atoms with Crippen LogP contribution in [0.2, 0.25) is 0 Å². The highest BCUT2D eigenvalue weighted by Crippen LogP contribution is 2.33. The van der Waals surface area contributed by atoms with Gasteiger partial charge < -0.3 is 19.0 Å². The van der Waals surface area contributed by atoms with Crippen molar-refractivity contribution in [1.29, 1.82) is 5.26 Å². The van der Waals surface area contributed by atoms with Crippen LogP contribution in [0.15, 0.2) is 12.1 Å². The highest BCUT2D eigenvalue weighted by Gasteiger charge is 2.46. The number of carbonyl (C=O) groups excluding carboxylic acids is 2. The summed E-state index contributed by atoms with van der Waals surface area (Å²) in [5.74, 6) is 0.472. The number of benzene rings is 1. The molecule has 2 atom stereocenters. The van der Waals surface area contributed by atoms with E-state index in [-0.39, 0.29) is 18.6 Å². The maximum absolute atomic E-state index is 12.7. The second-order valence-corrected chi connectivity index (χ2v) is 9.10. The fourth-order valence-corrected chi connectivity index (χ4v) is 3.90. The van der Waals surface area contributed by atoms with E-state index in [1.165, 1.54) is 0 Å². The van der Waals surface area contributed by atoms with Crippen molar-refractivity contribution in [2.45, 2.75) is 64.8 Å². The van der Waals surface area contributed by atoms with Gasteiger partial charge in [0.15, 0.2) is 0 Å². The minimum Gasteiger partial charge on any atom is -0.491 e. The van der Waals surface area contributed by atoms with Crippen LogP contribution in [0.3, 0.4) is 0 Å². The van der Waals surface area contributed by atoms with Gasteiger partial charge in [0.05, 0.1) is 24.3 Å². The molecule has 1 heterocycles. The summed E-state index contributed by atoms with van der Waals surface area (Å²) in [7, 11) is 0. The number of fused-ring (bicyclic) bond motifs is 1. The summed E-state index contributed by atoms with van der Waals surface area (Å²) in [6.07, 6.45) is 1.71. The first-order valence-corrected chi connectivity index (χ1v) is 9.84. The maximum atomic E-state index is 12.7. The molecular formula is C22H28N2O5. The molecule has 1 fully saturated rings. The van der Waals surface area contributed by atoms with E-state index in [2.05, 4.69) is 6.07 Å². The third kappa shape index (κ3) is 4.54. The zero-order valence-electron chi connectivity index (χ0n) is 17.7. The number of aldehydes is 1. The Balaban J connectivity index is 1.75. The number of hydrogen-bond acceptors (Lipinski definition) is 6. The lowest BCUT2D eigenvalue weighted by Gasteiger charge is -2.35. The number of hydrogen-bond donors (Lipinski definition) is 0. The summed E-state index contributed by atoms with van der Waals surface area (Å²) in [5.41, 5.74) is 1.02. The standard InChI is InChI=1S/C22H28N2O5/c1-21(2,3)29-20(26)24-17(13-28-22(24,4)5)12-27-18-8-15-6-14(11-25)7-19(15)16(9-18)10-23/h8-9,11,14,17H,6-7,12-13H2,1-5H3/t14?,17-/m0/s1. The second kappa shape index (κ2) is 7.68. The number of amides is 1. The van der Waals surface area contributed by atoms with Crippen molar-refractivity contribution in [2.24, 2.45) is 5.92 Å². The number of rotatable bonds is 4. The second-order valence-electron chi connectivity index (χ2n) is 9.10. The highest BCUT2D eigenvalue weighted by molar-refractivity contribution is 5.69. The predicted octanol–water partition coefficient (Wildman–Crippen LogP) is 3.22. The van der Waals surface area contributed by atoms with Crippen LogP contribution in [0, 0.1) is 17.2 Å². The number of carbonyl (C=O) groups is 2. The Morgan fingerprint density at radius 1 is 1.38 bits per heavy atom. The van der Waals surface area contributed by atoms with Crippen molar-refractivity contribution in [3.63, 3.8) is 0 Å². The van der Waals surface area contributed by atoms with E-state index in [0.717, 1.165) is 17.4 Å². The van der Waals surface area contributed by atoms with Gasteiger partial charge in [-0.3, -0.25) is 4.90 Å². The summed E-state index contributed by atoms with van der Waals surface area (Å²) in [4.78, 5) is 25.4. The number of nitrogens with zero attached hydrogens (tertiary/aromatic N) is 2. The summed E-state index contributed by atoms with van der Waals surface area (Å²) >= 11 is 0.